The van der Waals surface area contributed by atoms with E-state index in [0.29, 0.717) is 55.3 Å². The molecule has 0 aliphatic heterocycles. The zero-order valence-corrected chi connectivity index (χ0v) is 18.9. The minimum absolute atomic E-state index is 0.232. The van der Waals surface area contributed by atoms with E-state index in [1.165, 1.54) is 17.6 Å². The number of alkyl carbamates (subject to hydrolysis) is 1. The standard InChI is InChI=1S/C21H27F3N6O3/c1-12(2)11-33-20(31)26-8-6-5-7-25-18-19-29-28-13(3)30(19)16-9-14(21(22,23)24)17(32-4)10-15(16)27-18/h9-10,12H,5-8,11H2,1-4H3,(H,25,27)(H,26,31). The molecule has 12 heteroatoms. The lowest BCUT2D eigenvalue weighted by Crippen LogP contribution is -2.26. The maximum absolute atomic E-state index is 13.5. The number of carbonyl (C=O) groups excluding carboxylic acids is 1. The predicted octanol–water partition coefficient (Wildman–Crippen LogP) is 4.19. The van der Waals surface area contributed by atoms with Gasteiger partial charge in [-0.05, 0) is 31.7 Å². The molecule has 2 N–H and O–H groups in total. The number of halogens is 3. The Hall–Kier alpha value is -3.31. The number of fused-ring (bicyclic) bond motifs is 3. The molecular weight excluding hydrogens is 441 g/mol. The summed E-state index contributed by atoms with van der Waals surface area (Å²) in [6.07, 6.45) is -3.62. The van der Waals surface area contributed by atoms with Crippen molar-refractivity contribution in [2.75, 3.05) is 32.1 Å². The molecule has 0 saturated carbocycles. The molecule has 0 saturated heterocycles. The Labute approximate surface area is 188 Å². The van der Waals surface area contributed by atoms with E-state index in [1.807, 2.05) is 13.8 Å². The van der Waals surface area contributed by atoms with Crippen LogP contribution in [0.1, 0.15) is 38.1 Å². The van der Waals surface area contributed by atoms with E-state index >= 15 is 0 Å². The Balaban J connectivity index is 1.73. The second-order valence-corrected chi connectivity index (χ2v) is 7.96. The molecule has 0 atom stereocenters. The Kier molecular flexibility index (Phi) is 7.44. The number of amides is 1. The highest BCUT2D eigenvalue weighted by molar-refractivity contribution is 5.85. The zero-order chi connectivity index (χ0) is 24.2. The smallest absolute Gasteiger partial charge is 0.420 e. The Morgan fingerprint density at radius 1 is 1.18 bits per heavy atom. The molecule has 0 bridgehead atoms. The van der Waals surface area contributed by atoms with Crippen molar-refractivity contribution in [2.24, 2.45) is 5.92 Å². The second-order valence-electron chi connectivity index (χ2n) is 7.96. The van der Waals surface area contributed by atoms with E-state index in [4.69, 9.17) is 9.47 Å². The summed E-state index contributed by atoms with van der Waals surface area (Å²) in [6, 6.07) is 2.26. The summed E-state index contributed by atoms with van der Waals surface area (Å²) in [5.74, 6) is 0.790. The third kappa shape index (κ3) is 5.74. The number of nitrogens with zero attached hydrogens (tertiary/aromatic N) is 4. The molecular formula is C21H27F3N6O3. The first-order chi connectivity index (χ1) is 15.6. The number of ether oxygens (including phenoxy) is 2. The van der Waals surface area contributed by atoms with E-state index in [2.05, 4.69) is 25.8 Å². The van der Waals surface area contributed by atoms with E-state index in [-0.39, 0.29) is 17.2 Å². The van der Waals surface area contributed by atoms with Gasteiger partial charge in [-0.1, -0.05) is 13.8 Å². The van der Waals surface area contributed by atoms with Crippen molar-refractivity contribution in [1.82, 2.24) is 24.9 Å². The van der Waals surface area contributed by atoms with Crippen molar-refractivity contribution in [3.05, 3.63) is 23.5 Å². The van der Waals surface area contributed by atoms with Crippen molar-refractivity contribution in [2.45, 2.75) is 39.8 Å². The number of aromatic nitrogens is 4. The fraction of sp³-hybridized carbons (Fsp3) is 0.524. The Morgan fingerprint density at radius 3 is 2.58 bits per heavy atom. The first kappa shape index (κ1) is 24.3. The molecule has 0 unspecified atom stereocenters. The number of benzene rings is 1. The van der Waals surface area contributed by atoms with Crippen LogP contribution in [0.25, 0.3) is 16.7 Å². The number of hydrogen-bond acceptors (Lipinski definition) is 7. The third-order valence-corrected chi connectivity index (χ3v) is 4.82. The topological polar surface area (TPSA) is 103 Å². The van der Waals surface area contributed by atoms with Gasteiger partial charge in [-0.3, -0.25) is 4.40 Å². The summed E-state index contributed by atoms with van der Waals surface area (Å²) >= 11 is 0. The summed E-state index contributed by atoms with van der Waals surface area (Å²) in [5, 5.41) is 13.9. The van der Waals surface area contributed by atoms with Crippen molar-refractivity contribution in [3.8, 4) is 5.75 Å². The van der Waals surface area contributed by atoms with Gasteiger partial charge in [0.05, 0.1) is 30.3 Å². The number of carbonyl (C=O) groups is 1. The first-order valence-electron chi connectivity index (χ1n) is 10.6. The van der Waals surface area contributed by atoms with E-state index in [0.717, 1.165) is 6.07 Å². The normalized spacial score (nSPS) is 11.9. The number of rotatable bonds is 9. The highest BCUT2D eigenvalue weighted by atomic mass is 19.4. The monoisotopic (exact) mass is 468 g/mol. The van der Waals surface area contributed by atoms with Crippen molar-refractivity contribution in [3.63, 3.8) is 0 Å². The highest BCUT2D eigenvalue weighted by Gasteiger charge is 2.35. The number of hydrogen-bond donors (Lipinski definition) is 2. The maximum atomic E-state index is 13.5. The van der Waals surface area contributed by atoms with Crippen LogP contribution < -0.4 is 15.4 Å². The zero-order valence-electron chi connectivity index (χ0n) is 18.9. The van der Waals surface area contributed by atoms with Gasteiger partial charge in [-0.25, -0.2) is 9.78 Å². The molecule has 9 nitrogen and oxygen atoms in total. The van der Waals surface area contributed by atoms with Crippen LogP contribution in [-0.2, 0) is 10.9 Å². The van der Waals surface area contributed by atoms with Crippen LogP contribution >= 0.6 is 0 Å². The van der Waals surface area contributed by atoms with E-state index < -0.39 is 17.8 Å². The Morgan fingerprint density at radius 2 is 1.91 bits per heavy atom. The summed E-state index contributed by atoms with van der Waals surface area (Å²) < 4.78 is 52.0. The van der Waals surface area contributed by atoms with Gasteiger partial charge in [0.1, 0.15) is 11.6 Å². The third-order valence-electron chi connectivity index (χ3n) is 4.82. The van der Waals surface area contributed by atoms with Crippen LogP contribution in [0.3, 0.4) is 0 Å². The largest absolute Gasteiger partial charge is 0.496 e. The molecule has 0 fully saturated rings. The van der Waals surface area contributed by atoms with Crippen molar-refractivity contribution < 1.29 is 27.4 Å². The lowest BCUT2D eigenvalue weighted by Gasteiger charge is -2.15. The molecule has 1 amide bonds. The average Bonchev–Trinajstić information content (AvgIpc) is 3.15. The van der Waals surface area contributed by atoms with Crippen LogP contribution in [0.5, 0.6) is 5.75 Å². The van der Waals surface area contributed by atoms with Gasteiger partial charge in [-0.15, -0.1) is 10.2 Å². The molecule has 1 aromatic carbocycles. The van der Waals surface area contributed by atoms with Gasteiger partial charge in [0, 0.05) is 19.2 Å². The second kappa shape index (κ2) is 10.1. The molecule has 2 heterocycles. The number of unbranched alkanes of at least 4 members (excludes halogenated alkanes) is 1. The summed E-state index contributed by atoms with van der Waals surface area (Å²) in [5.41, 5.74) is -0.0230. The number of anilines is 1. The predicted molar refractivity (Wildman–Crippen MR) is 116 cm³/mol. The van der Waals surface area contributed by atoms with Gasteiger partial charge in [0.15, 0.2) is 5.82 Å². The number of methoxy groups -OCH3 is 1. The van der Waals surface area contributed by atoms with Crippen LogP contribution in [-0.4, -0.2) is 52.5 Å². The molecule has 180 valence electrons. The molecule has 0 radical (unpaired) electrons. The lowest BCUT2D eigenvalue weighted by atomic mass is 10.1. The molecule has 0 aliphatic rings. The van der Waals surface area contributed by atoms with Gasteiger partial charge >= 0.3 is 12.3 Å². The molecule has 0 aliphatic carbocycles. The average molecular weight is 468 g/mol. The molecule has 2 aromatic heterocycles. The van der Waals surface area contributed by atoms with Gasteiger partial charge in [-0.2, -0.15) is 13.2 Å². The fourth-order valence-electron chi connectivity index (χ4n) is 3.25. The van der Waals surface area contributed by atoms with Crippen LogP contribution in [0, 0.1) is 12.8 Å². The van der Waals surface area contributed by atoms with Gasteiger partial charge in [0.25, 0.3) is 0 Å². The molecule has 0 spiro atoms. The Bertz CT molecular complexity index is 1130. The van der Waals surface area contributed by atoms with Crippen LogP contribution in [0.4, 0.5) is 23.8 Å². The minimum atomic E-state index is -4.58. The number of nitrogens with one attached hydrogen (secondary N) is 2. The van der Waals surface area contributed by atoms with E-state index in [1.54, 1.807) is 6.92 Å². The van der Waals surface area contributed by atoms with Crippen LogP contribution in [0.15, 0.2) is 12.1 Å². The first-order valence-corrected chi connectivity index (χ1v) is 10.6. The summed E-state index contributed by atoms with van der Waals surface area (Å²) in [6.45, 7) is 6.91. The fourth-order valence-corrected chi connectivity index (χ4v) is 3.25. The number of aryl methyl sites for hydroxylation is 1. The quantitative estimate of drug-likeness (QED) is 0.454. The minimum Gasteiger partial charge on any atom is -0.496 e. The van der Waals surface area contributed by atoms with Crippen molar-refractivity contribution >= 4 is 28.6 Å². The SMILES string of the molecule is COc1cc2nc(NCCCCNC(=O)OCC(C)C)c3nnc(C)n3c2cc1C(F)(F)F. The van der Waals surface area contributed by atoms with Crippen LogP contribution in [0.2, 0.25) is 0 Å². The maximum Gasteiger partial charge on any atom is 0.420 e. The van der Waals surface area contributed by atoms with Crippen molar-refractivity contribution in [1.29, 1.82) is 0 Å². The molecule has 3 rings (SSSR count). The summed E-state index contributed by atoms with van der Waals surface area (Å²) in [7, 11) is 1.19. The van der Waals surface area contributed by atoms with Gasteiger partial charge in [0.2, 0.25) is 5.65 Å². The van der Waals surface area contributed by atoms with Gasteiger partial charge < -0.3 is 20.1 Å². The summed E-state index contributed by atoms with van der Waals surface area (Å²) in [4.78, 5) is 16.0. The van der Waals surface area contributed by atoms with E-state index in [9.17, 15) is 18.0 Å². The molecule has 3 aromatic rings. The number of alkyl halides is 3. The lowest BCUT2D eigenvalue weighted by molar-refractivity contribution is -0.138. The highest BCUT2D eigenvalue weighted by Crippen LogP contribution is 2.39. The molecule has 33 heavy (non-hydrogen) atoms.